The first kappa shape index (κ1) is 15.4. The molecule has 0 unspecified atom stereocenters. The van der Waals surface area contributed by atoms with Crippen LogP contribution in [0.4, 0.5) is 0 Å². The van der Waals surface area contributed by atoms with Crippen molar-refractivity contribution in [3.63, 3.8) is 0 Å². The molecular formula is C15H11BrCl2O2. The minimum absolute atomic E-state index is 0.144. The fourth-order valence-corrected chi connectivity index (χ4v) is 2.34. The van der Waals surface area contributed by atoms with Crippen molar-refractivity contribution in [2.45, 2.75) is 13.0 Å². The normalized spacial score (nSPS) is 10.3. The van der Waals surface area contributed by atoms with E-state index >= 15 is 0 Å². The second-order valence-electron chi connectivity index (χ2n) is 4.20. The Bertz CT molecular complexity index is 612. The topological polar surface area (TPSA) is 26.3 Å². The third-order valence-electron chi connectivity index (χ3n) is 2.67. The predicted octanol–water partition coefficient (Wildman–Crippen LogP) is 5.04. The second-order valence-corrected chi connectivity index (χ2v) is 5.96. The number of halogens is 3. The van der Waals surface area contributed by atoms with Crippen LogP contribution >= 0.6 is 39.1 Å². The summed E-state index contributed by atoms with van der Waals surface area (Å²) < 4.78 is 6.18. The Morgan fingerprint density at radius 2 is 1.80 bits per heavy atom. The highest BCUT2D eigenvalue weighted by Gasteiger charge is 2.07. The number of esters is 1. The van der Waals surface area contributed by atoms with Crippen LogP contribution in [0.2, 0.25) is 10.0 Å². The molecule has 0 saturated carbocycles. The number of ether oxygens (including phenoxy) is 1. The molecule has 0 amide bonds. The maximum atomic E-state index is 11.7. The summed E-state index contributed by atoms with van der Waals surface area (Å²) in [5, 5.41) is 1.05. The van der Waals surface area contributed by atoms with Gasteiger partial charge in [-0.1, -0.05) is 57.3 Å². The Labute approximate surface area is 135 Å². The highest BCUT2D eigenvalue weighted by Crippen LogP contribution is 2.21. The molecule has 2 aromatic carbocycles. The van der Waals surface area contributed by atoms with E-state index in [0.29, 0.717) is 10.0 Å². The van der Waals surface area contributed by atoms with Crippen molar-refractivity contribution in [2.75, 3.05) is 0 Å². The molecule has 0 heterocycles. The van der Waals surface area contributed by atoms with E-state index in [2.05, 4.69) is 15.9 Å². The van der Waals surface area contributed by atoms with Gasteiger partial charge in [0, 0.05) is 20.1 Å². The van der Waals surface area contributed by atoms with Crippen LogP contribution in [0.5, 0.6) is 0 Å². The van der Waals surface area contributed by atoms with Crippen LogP contribution in [0.3, 0.4) is 0 Å². The molecule has 0 saturated heterocycles. The van der Waals surface area contributed by atoms with Gasteiger partial charge in [-0.2, -0.15) is 0 Å². The van der Waals surface area contributed by atoms with Gasteiger partial charge in [-0.05, 0) is 29.8 Å². The molecular weight excluding hydrogens is 363 g/mol. The van der Waals surface area contributed by atoms with Gasteiger partial charge in [0.05, 0.1) is 6.42 Å². The lowest BCUT2D eigenvalue weighted by Crippen LogP contribution is -2.08. The van der Waals surface area contributed by atoms with Crippen molar-refractivity contribution in [1.82, 2.24) is 0 Å². The molecule has 2 nitrogen and oxygen atoms in total. The fraction of sp³-hybridized carbons (Fsp3) is 0.133. The maximum absolute atomic E-state index is 11.7. The Balaban J connectivity index is 1.90. The summed E-state index contributed by atoms with van der Waals surface area (Å²) in [6, 6.07) is 12.6. The van der Waals surface area contributed by atoms with Gasteiger partial charge in [-0.25, -0.2) is 0 Å². The van der Waals surface area contributed by atoms with Crippen LogP contribution in [-0.4, -0.2) is 5.97 Å². The Morgan fingerprint density at radius 3 is 2.45 bits per heavy atom. The third-order valence-corrected chi connectivity index (χ3v) is 3.78. The zero-order chi connectivity index (χ0) is 14.5. The van der Waals surface area contributed by atoms with E-state index in [1.165, 1.54) is 0 Å². The summed E-state index contributed by atoms with van der Waals surface area (Å²) in [6.07, 6.45) is 0.235. The van der Waals surface area contributed by atoms with E-state index in [-0.39, 0.29) is 19.0 Å². The largest absolute Gasteiger partial charge is 0.461 e. The smallest absolute Gasteiger partial charge is 0.310 e. The lowest BCUT2D eigenvalue weighted by molar-refractivity contribution is -0.144. The van der Waals surface area contributed by atoms with Crippen molar-refractivity contribution in [3.8, 4) is 0 Å². The molecule has 0 aliphatic rings. The summed E-state index contributed by atoms with van der Waals surface area (Å²) in [5.41, 5.74) is 1.64. The van der Waals surface area contributed by atoms with E-state index in [1.807, 2.05) is 24.3 Å². The molecule has 0 aromatic heterocycles. The molecule has 104 valence electrons. The van der Waals surface area contributed by atoms with E-state index < -0.39 is 0 Å². The number of hydrogen-bond donors (Lipinski definition) is 0. The zero-order valence-corrected chi connectivity index (χ0v) is 13.5. The molecule has 5 heteroatoms. The molecule has 0 aliphatic heterocycles. The SMILES string of the molecule is O=C(Cc1ccc(Br)cc1)OCc1ccc(Cl)cc1Cl. The molecule has 0 radical (unpaired) electrons. The van der Waals surface area contributed by atoms with Gasteiger partial charge in [-0.15, -0.1) is 0 Å². The number of carbonyl (C=O) groups is 1. The first-order chi connectivity index (χ1) is 9.54. The van der Waals surface area contributed by atoms with Crippen LogP contribution in [0.1, 0.15) is 11.1 Å². The fourth-order valence-electron chi connectivity index (χ4n) is 1.62. The summed E-state index contributed by atoms with van der Waals surface area (Å²) in [5.74, 6) is -0.293. The molecule has 0 bridgehead atoms. The molecule has 2 rings (SSSR count). The predicted molar refractivity (Wildman–Crippen MR) is 84.1 cm³/mol. The monoisotopic (exact) mass is 372 g/mol. The highest BCUT2D eigenvalue weighted by atomic mass is 79.9. The minimum atomic E-state index is -0.293. The summed E-state index contributed by atoms with van der Waals surface area (Å²) in [4.78, 5) is 11.7. The third kappa shape index (κ3) is 4.51. The quantitative estimate of drug-likeness (QED) is 0.701. The Hall–Kier alpha value is -1.03. The molecule has 0 spiro atoms. The standard InChI is InChI=1S/C15H11BrCl2O2/c16-12-4-1-10(2-5-12)7-15(19)20-9-11-3-6-13(17)8-14(11)18/h1-6,8H,7,9H2. The van der Waals surface area contributed by atoms with Gasteiger partial charge in [0.1, 0.15) is 6.61 Å². The Kier molecular flexibility index (Phi) is 5.46. The number of carbonyl (C=O) groups excluding carboxylic acids is 1. The van der Waals surface area contributed by atoms with E-state index in [0.717, 1.165) is 15.6 Å². The van der Waals surface area contributed by atoms with Crippen molar-refractivity contribution < 1.29 is 9.53 Å². The van der Waals surface area contributed by atoms with E-state index in [9.17, 15) is 4.79 Å². The van der Waals surface area contributed by atoms with Crippen LogP contribution in [0.25, 0.3) is 0 Å². The average Bonchev–Trinajstić information content (AvgIpc) is 2.40. The van der Waals surface area contributed by atoms with Gasteiger partial charge < -0.3 is 4.74 Å². The number of hydrogen-bond acceptors (Lipinski definition) is 2. The molecule has 20 heavy (non-hydrogen) atoms. The first-order valence-electron chi connectivity index (χ1n) is 5.88. The van der Waals surface area contributed by atoms with E-state index in [1.54, 1.807) is 18.2 Å². The van der Waals surface area contributed by atoms with Crippen LogP contribution < -0.4 is 0 Å². The molecule has 0 fully saturated rings. The average molecular weight is 374 g/mol. The summed E-state index contributed by atoms with van der Waals surface area (Å²) in [6.45, 7) is 0.144. The molecule has 2 aromatic rings. The van der Waals surface area contributed by atoms with Crippen molar-refractivity contribution in [2.24, 2.45) is 0 Å². The van der Waals surface area contributed by atoms with Crippen LogP contribution in [0, 0.1) is 0 Å². The first-order valence-corrected chi connectivity index (χ1v) is 7.43. The van der Waals surface area contributed by atoms with E-state index in [4.69, 9.17) is 27.9 Å². The lowest BCUT2D eigenvalue weighted by Gasteiger charge is -2.07. The molecule has 0 N–H and O–H groups in total. The van der Waals surface area contributed by atoms with Gasteiger partial charge >= 0.3 is 5.97 Å². The van der Waals surface area contributed by atoms with Crippen molar-refractivity contribution in [3.05, 3.63) is 68.1 Å². The highest BCUT2D eigenvalue weighted by molar-refractivity contribution is 9.10. The van der Waals surface area contributed by atoms with Crippen LogP contribution in [0.15, 0.2) is 46.9 Å². The summed E-state index contributed by atoms with van der Waals surface area (Å²) in [7, 11) is 0. The minimum Gasteiger partial charge on any atom is -0.461 e. The zero-order valence-electron chi connectivity index (χ0n) is 10.4. The maximum Gasteiger partial charge on any atom is 0.310 e. The van der Waals surface area contributed by atoms with Crippen LogP contribution in [-0.2, 0) is 22.6 Å². The number of rotatable bonds is 4. The molecule has 0 aliphatic carbocycles. The second kappa shape index (κ2) is 7.11. The summed E-state index contributed by atoms with van der Waals surface area (Å²) >= 11 is 15.2. The van der Waals surface area contributed by atoms with Gasteiger partial charge in [0.25, 0.3) is 0 Å². The van der Waals surface area contributed by atoms with Crippen molar-refractivity contribution in [1.29, 1.82) is 0 Å². The van der Waals surface area contributed by atoms with Gasteiger partial charge in [-0.3, -0.25) is 4.79 Å². The Morgan fingerprint density at radius 1 is 1.10 bits per heavy atom. The molecule has 0 atom stereocenters. The number of benzene rings is 2. The van der Waals surface area contributed by atoms with Gasteiger partial charge in [0.2, 0.25) is 0 Å². The van der Waals surface area contributed by atoms with Crippen molar-refractivity contribution >= 4 is 45.1 Å². The lowest BCUT2D eigenvalue weighted by atomic mass is 10.1. The van der Waals surface area contributed by atoms with Gasteiger partial charge in [0.15, 0.2) is 0 Å².